The van der Waals surface area contributed by atoms with Crippen LogP contribution in [0.1, 0.15) is 47.7 Å². The normalized spacial score (nSPS) is 10.7. The summed E-state index contributed by atoms with van der Waals surface area (Å²) in [6.07, 6.45) is 0. The summed E-state index contributed by atoms with van der Waals surface area (Å²) >= 11 is 1.26. The molecule has 20 heavy (non-hydrogen) atoms. The number of nitrogens with zero attached hydrogens (tertiary/aromatic N) is 1. The number of carbonyl (C=O) groups excluding carboxylic acids is 2. The van der Waals surface area contributed by atoms with Crippen molar-refractivity contribution < 1.29 is 14.3 Å². The van der Waals surface area contributed by atoms with Gasteiger partial charge < -0.3 is 15.4 Å². The van der Waals surface area contributed by atoms with E-state index in [1.54, 1.807) is 0 Å². The number of rotatable bonds is 6. The maximum Gasteiger partial charge on any atom is 0.343 e. The van der Waals surface area contributed by atoms with E-state index < -0.39 is 5.97 Å². The fraction of sp³-hybridized carbons (Fsp3) is 0.571. The molecule has 0 spiro atoms. The Morgan fingerprint density at radius 3 is 2.40 bits per heavy atom. The van der Waals surface area contributed by atoms with Crippen molar-refractivity contribution in [3.63, 3.8) is 0 Å². The first-order valence-electron chi connectivity index (χ1n) is 6.59. The molecule has 0 aliphatic heterocycles. The van der Waals surface area contributed by atoms with Crippen LogP contribution in [0.2, 0.25) is 0 Å². The molecule has 0 unspecified atom stereocenters. The number of thiophene rings is 1. The smallest absolute Gasteiger partial charge is 0.343 e. The van der Waals surface area contributed by atoms with Crippen LogP contribution in [0.4, 0.5) is 10.7 Å². The molecule has 2 N–H and O–H groups in total. The van der Waals surface area contributed by atoms with Crippen LogP contribution in [-0.2, 0) is 4.74 Å². The van der Waals surface area contributed by atoms with Gasteiger partial charge in [0, 0.05) is 20.0 Å². The zero-order valence-corrected chi connectivity index (χ0v) is 13.5. The van der Waals surface area contributed by atoms with E-state index in [1.165, 1.54) is 25.4 Å². The number of hydrogen-bond donors (Lipinski definition) is 1. The average Bonchev–Trinajstić information content (AvgIpc) is 2.72. The fourth-order valence-corrected chi connectivity index (χ4v) is 3.19. The molecular weight excluding hydrogens is 276 g/mol. The fourth-order valence-electron chi connectivity index (χ4n) is 2.01. The number of esters is 1. The standard InChI is InChI=1S/C14H22N2O3S/c1-6-16(7-8(2)3)13-10(14(18)19-5)11(15)12(20-13)9(4)17/h8H,6-7,15H2,1-5H3. The second-order valence-electron chi connectivity index (χ2n) is 5.01. The SMILES string of the molecule is CCN(CC(C)C)c1sc(C(C)=O)c(N)c1C(=O)OC. The lowest BCUT2D eigenvalue weighted by molar-refractivity contribution is 0.0603. The Balaban J connectivity index is 3.39. The van der Waals surface area contributed by atoms with Crippen molar-refractivity contribution >= 4 is 33.8 Å². The highest BCUT2D eigenvalue weighted by molar-refractivity contribution is 7.19. The summed E-state index contributed by atoms with van der Waals surface area (Å²) in [7, 11) is 1.31. The van der Waals surface area contributed by atoms with Crippen molar-refractivity contribution in [2.24, 2.45) is 5.92 Å². The van der Waals surface area contributed by atoms with E-state index in [0.29, 0.717) is 16.4 Å². The van der Waals surface area contributed by atoms with E-state index in [4.69, 9.17) is 10.5 Å². The number of anilines is 2. The summed E-state index contributed by atoms with van der Waals surface area (Å²) in [4.78, 5) is 26.1. The molecule has 1 heterocycles. The molecule has 0 radical (unpaired) electrons. The lowest BCUT2D eigenvalue weighted by Crippen LogP contribution is -2.28. The number of nitrogens with two attached hydrogens (primary N) is 1. The first-order chi connectivity index (χ1) is 9.33. The molecule has 0 saturated carbocycles. The zero-order valence-electron chi connectivity index (χ0n) is 12.6. The van der Waals surface area contributed by atoms with Gasteiger partial charge in [-0.1, -0.05) is 13.8 Å². The molecule has 0 saturated heterocycles. The number of ether oxygens (including phenoxy) is 1. The minimum Gasteiger partial charge on any atom is -0.465 e. The highest BCUT2D eigenvalue weighted by Crippen LogP contribution is 2.39. The van der Waals surface area contributed by atoms with E-state index in [0.717, 1.165) is 18.1 Å². The predicted molar refractivity (Wildman–Crippen MR) is 82.8 cm³/mol. The Kier molecular flexibility index (Phi) is 5.56. The van der Waals surface area contributed by atoms with Gasteiger partial charge in [-0.25, -0.2) is 4.79 Å². The summed E-state index contributed by atoms with van der Waals surface area (Å²) in [6.45, 7) is 9.18. The van der Waals surface area contributed by atoms with Crippen LogP contribution >= 0.6 is 11.3 Å². The molecule has 1 aromatic heterocycles. The summed E-state index contributed by atoms with van der Waals surface area (Å²) < 4.78 is 4.80. The van der Waals surface area contributed by atoms with Crippen LogP contribution in [0.5, 0.6) is 0 Å². The first-order valence-corrected chi connectivity index (χ1v) is 7.41. The van der Waals surface area contributed by atoms with Gasteiger partial charge in [-0.15, -0.1) is 11.3 Å². The summed E-state index contributed by atoms with van der Waals surface area (Å²) in [6, 6.07) is 0. The second kappa shape index (κ2) is 6.74. The van der Waals surface area contributed by atoms with Gasteiger partial charge in [0.25, 0.3) is 0 Å². The van der Waals surface area contributed by atoms with E-state index in [1.807, 2.05) is 6.92 Å². The molecule has 0 aliphatic carbocycles. The molecule has 1 rings (SSSR count). The van der Waals surface area contributed by atoms with Crippen LogP contribution in [0.15, 0.2) is 0 Å². The number of carbonyl (C=O) groups is 2. The number of nitrogen functional groups attached to an aromatic ring is 1. The maximum absolute atomic E-state index is 12.0. The molecular formula is C14H22N2O3S. The average molecular weight is 298 g/mol. The summed E-state index contributed by atoms with van der Waals surface area (Å²) in [5.41, 5.74) is 6.51. The number of methoxy groups -OCH3 is 1. The van der Waals surface area contributed by atoms with Crippen molar-refractivity contribution in [3.05, 3.63) is 10.4 Å². The van der Waals surface area contributed by atoms with E-state index >= 15 is 0 Å². The van der Waals surface area contributed by atoms with Gasteiger partial charge >= 0.3 is 5.97 Å². The third-order valence-corrected chi connectivity index (χ3v) is 4.26. The molecule has 6 heteroatoms. The third-order valence-electron chi connectivity index (χ3n) is 2.89. The van der Waals surface area contributed by atoms with Gasteiger partial charge in [-0.3, -0.25) is 4.79 Å². The van der Waals surface area contributed by atoms with Crippen molar-refractivity contribution in [3.8, 4) is 0 Å². The van der Waals surface area contributed by atoms with Crippen molar-refractivity contribution in [2.75, 3.05) is 30.8 Å². The third kappa shape index (κ3) is 3.30. The van der Waals surface area contributed by atoms with Gasteiger partial charge in [0.15, 0.2) is 5.78 Å². The molecule has 0 atom stereocenters. The zero-order chi connectivity index (χ0) is 15.4. The minimum atomic E-state index is -0.497. The molecule has 1 aromatic rings. The monoisotopic (exact) mass is 298 g/mol. The Morgan fingerprint density at radius 1 is 1.40 bits per heavy atom. The highest BCUT2D eigenvalue weighted by Gasteiger charge is 2.27. The highest BCUT2D eigenvalue weighted by atomic mass is 32.1. The molecule has 0 aromatic carbocycles. The Morgan fingerprint density at radius 2 is 2.00 bits per heavy atom. The molecule has 0 bridgehead atoms. The lowest BCUT2D eigenvalue weighted by Gasteiger charge is -2.24. The van der Waals surface area contributed by atoms with Gasteiger partial charge in [-0.05, 0) is 12.8 Å². The minimum absolute atomic E-state index is 0.135. The molecule has 0 aliphatic rings. The van der Waals surface area contributed by atoms with Crippen molar-refractivity contribution in [1.29, 1.82) is 0 Å². The Hall–Kier alpha value is -1.56. The Labute approximate surface area is 123 Å². The predicted octanol–water partition coefficient (Wildman–Crippen LogP) is 2.80. The number of ketones is 1. The molecule has 112 valence electrons. The van der Waals surface area contributed by atoms with E-state index in [2.05, 4.69) is 18.7 Å². The summed E-state index contributed by atoms with van der Waals surface area (Å²) in [5.74, 6) is -0.197. The van der Waals surface area contributed by atoms with Crippen LogP contribution in [-0.4, -0.2) is 32.0 Å². The van der Waals surface area contributed by atoms with E-state index in [-0.39, 0.29) is 11.5 Å². The van der Waals surface area contributed by atoms with Crippen LogP contribution in [0.3, 0.4) is 0 Å². The first kappa shape index (κ1) is 16.5. The largest absolute Gasteiger partial charge is 0.465 e. The van der Waals surface area contributed by atoms with Gasteiger partial charge in [-0.2, -0.15) is 0 Å². The Bertz CT molecular complexity index is 509. The van der Waals surface area contributed by atoms with Gasteiger partial charge in [0.1, 0.15) is 10.6 Å². The second-order valence-corrected chi connectivity index (χ2v) is 6.00. The maximum atomic E-state index is 12.0. The van der Waals surface area contributed by atoms with Crippen LogP contribution in [0.25, 0.3) is 0 Å². The summed E-state index contributed by atoms with van der Waals surface area (Å²) in [5, 5.41) is 0.718. The van der Waals surface area contributed by atoms with E-state index in [9.17, 15) is 9.59 Å². The quantitative estimate of drug-likeness (QED) is 0.646. The lowest BCUT2D eigenvalue weighted by atomic mass is 10.1. The number of Topliss-reactive ketones (excluding diaryl/α,β-unsaturated/α-hetero) is 1. The number of hydrogen-bond acceptors (Lipinski definition) is 6. The van der Waals surface area contributed by atoms with Crippen LogP contribution < -0.4 is 10.6 Å². The van der Waals surface area contributed by atoms with Gasteiger partial charge in [0.05, 0.1) is 17.7 Å². The van der Waals surface area contributed by atoms with Crippen molar-refractivity contribution in [1.82, 2.24) is 0 Å². The topological polar surface area (TPSA) is 72.6 Å². The molecule has 5 nitrogen and oxygen atoms in total. The molecule has 0 fully saturated rings. The van der Waals surface area contributed by atoms with Gasteiger partial charge in [0.2, 0.25) is 0 Å². The van der Waals surface area contributed by atoms with Crippen molar-refractivity contribution in [2.45, 2.75) is 27.7 Å². The van der Waals surface area contributed by atoms with Crippen LogP contribution in [0, 0.1) is 5.92 Å². The molecule has 0 amide bonds.